The Morgan fingerprint density at radius 3 is 2.62 bits per heavy atom. The molecule has 2 heterocycles. The minimum atomic E-state index is -0.187. The average molecular weight is 391 g/mol. The summed E-state index contributed by atoms with van der Waals surface area (Å²) in [6.07, 6.45) is 9.05. The lowest BCUT2D eigenvalue weighted by Crippen LogP contribution is -2.42. The van der Waals surface area contributed by atoms with Gasteiger partial charge in [0.1, 0.15) is 0 Å². The van der Waals surface area contributed by atoms with Gasteiger partial charge in [0.25, 0.3) is 5.56 Å². The molecule has 7 nitrogen and oxygen atoms in total. The Labute approximate surface area is 169 Å². The summed E-state index contributed by atoms with van der Waals surface area (Å²) < 4.78 is 1.44. The summed E-state index contributed by atoms with van der Waals surface area (Å²) in [4.78, 5) is 29.3. The molecule has 0 atom stereocenters. The van der Waals surface area contributed by atoms with E-state index in [1.54, 1.807) is 18.5 Å². The Morgan fingerprint density at radius 2 is 1.86 bits per heavy atom. The van der Waals surface area contributed by atoms with E-state index in [4.69, 9.17) is 0 Å². The van der Waals surface area contributed by atoms with E-state index in [1.807, 2.05) is 30.3 Å². The molecule has 0 radical (unpaired) electrons. The summed E-state index contributed by atoms with van der Waals surface area (Å²) >= 11 is 0. The zero-order valence-corrected chi connectivity index (χ0v) is 16.3. The zero-order chi connectivity index (χ0) is 20.1. The molecule has 150 valence electrons. The van der Waals surface area contributed by atoms with E-state index in [0.29, 0.717) is 17.6 Å². The van der Waals surface area contributed by atoms with Crippen molar-refractivity contribution in [1.29, 1.82) is 0 Å². The van der Waals surface area contributed by atoms with Crippen LogP contribution >= 0.6 is 0 Å². The number of amides is 2. The monoisotopic (exact) mass is 391 g/mol. The molecule has 1 saturated carbocycles. The third-order valence-electron chi connectivity index (χ3n) is 5.36. The number of benzene rings is 1. The van der Waals surface area contributed by atoms with Crippen LogP contribution in [0.3, 0.4) is 0 Å². The summed E-state index contributed by atoms with van der Waals surface area (Å²) in [5.74, 6) is 0. The molecule has 1 aromatic carbocycles. The quantitative estimate of drug-likeness (QED) is 0.700. The van der Waals surface area contributed by atoms with E-state index < -0.39 is 0 Å². The first-order valence-electron chi connectivity index (χ1n) is 10.1. The molecule has 1 fully saturated rings. The Bertz CT molecular complexity index is 1040. The summed E-state index contributed by atoms with van der Waals surface area (Å²) in [5.41, 5.74) is 1.41. The van der Waals surface area contributed by atoms with Gasteiger partial charge in [0.05, 0.1) is 24.2 Å². The highest BCUT2D eigenvalue weighted by atomic mass is 16.2. The van der Waals surface area contributed by atoms with Crippen LogP contribution in [0.15, 0.2) is 53.6 Å². The standard InChI is InChI=1S/C22H25N5O2/c28-21-19-11-5-4-10-18(19)20(26-27(21)15-16-7-6-12-23-13-16)14-24-22(29)25-17-8-2-1-3-9-17/h4-7,10-13,17H,1-3,8-9,14-15H2,(H2,24,25,29). The molecule has 3 aromatic rings. The van der Waals surface area contributed by atoms with Gasteiger partial charge in [0, 0.05) is 23.8 Å². The lowest BCUT2D eigenvalue weighted by molar-refractivity contribution is 0.232. The highest BCUT2D eigenvalue weighted by Gasteiger charge is 2.16. The van der Waals surface area contributed by atoms with Crippen molar-refractivity contribution in [1.82, 2.24) is 25.4 Å². The smallest absolute Gasteiger partial charge is 0.315 e. The van der Waals surface area contributed by atoms with Crippen molar-refractivity contribution in [3.63, 3.8) is 0 Å². The van der Waals surface area contributed by atoms with Gasteiger partial charge in [-0.3, -0.25) is 9.78 Å². The van der Waals surface area contributed by atoms with Crippen LogP contribution < -0.4 is 16.2 Å². The van der Waals surface area contributed by atoms with Crippen molar-refractivity contribution in [2.75, 3.05) is 0 Å². The number of carbonyl (C=O) groups excluding carboxylic acids is 1. The van der Waals surface area contributed by atoms with Crippen LogP contribution in [0.2, 0.25) is 0 Å². The maximum Gasteiger partial charge on any atom is 0.315 e. The van der Waals surface area contributed by atoms with Gasteiger partial charge in [-0.1, -0.05) is 43.5 Å². The Kier molecular flexibility index (Phi) is 5.84. The van der Waals surface area contributed by atoms with Crippen LogP contribution in [0.4, 0.5) is 4.79 Å². The number of hydrogen-bond donors (Lipinski definition) is 2. The van der Waals surface area contributed by atoms with Crippen molar-refractivity contribution < 1.29 is 4.79 Å². The molecule has 0 spiro atoms. The summed E-state index contributed by atoms with van der Waals surface area (Å²) in [6.45, 7) is 0.588. The molecule has 0 unspecified atom stereocenters. The number of nitrogens with zero attached hydrogens (tertiary/aromatic N) is 3. The molecular formula is C22H25N5O2. The number of pyridine rings is 1. The van der Waals surface area contributed by atoms with Gasteiger partial charge >= 0.3 is 6.03 Å². The Balaban J connectivity index is 1.55. The van der Waals surface area contributed by atoms with Crippen molar-refractivity contribution >= 4 is 16.8 Å². The Hall–Kier alpha value is -3.22. The van der Waals surface area contributed by atoms with Crippen LogP contribution in [0, 0.1) is 0 Å². The fourth-order valence-corrected chi connectivity index (χ4v) is 3.85. The van der Waals surface area contributed by atoms with Crippen molar-refractivity contribution in [3.05, 3.63) is 70.4 Å². The molecular weight excluding hydrogens is 366 g/mol. The molecule has 29 heavy (non-hydrogen) atoms. The number of urea groups is 1. The molecule has 2 amide bonds. The summed E-state index contributed by atoms with van der Waals surface area (Å²) in [5, 5.41) is 11.9. The second-order valence-electron chi connectivity index (χ2n) is 7.48. The van der Waals surface area contributed by atoms with Crippen molar-refractivity contribution in [2.45, 2.75) is 51.2 Å². The van der Waals surface area contributed by atoms with E-state index >= 15 is 0 Å². The number of rotatable bonds is 5. The zero-order valence-electron chi connectivity index (χ0n) is 16.3. The third-order valence-corrected chi connectivity index (χ3v) is 5.36. The predicted molar refractivity (Wildman–Crippen MR) is 112 cm³/mol. The fourth-order valence-electron chi connectivity index (χ4n) is 3.85. The van der Waals surface area contributed by atoms with Crippen molar-refractivity contribution in [3.8, 4) is 0 Å². The molecule has 1 aliphatic rings. The van der Waals surface area contributed by atoms with Crippen LogP contribution in [0.1, 0.15) is 43.4 Å². The largest absolute Gasteiger partial charge is 0.335 e. The maximum atomic E-state index is 12.9. The van der Waals surface area contributed by atoms with E-state index in [1.165, 1.54) is 11.1 Å². The molecule has 4 rings (SSSR count). The molecule has 7 heteroatoms. The van der Waals surface area contributed by atoms with Crippen LogP contribution in [-0.4, -0.2) is 26.8 Å². The topological polar surface area (TPSA) is 88.9 Å². The number of hydrogen-bond acceptors (Lipinski definition) is 4. The maximum absolute atomic E-state index is 12.9. The number of fused-ring (bicyclic) bond motifs is 1. The first kappa shape index (κ1) is 19.1. The van der Waals surface area contributed by atoms with Crippen molar-refractivity contribution in [2.24, 2.45) is 0 Å². The Morgan fingerprint density at radius 1 is 1.07 bits per heavy atom. The predicted octanol–water partition coefficient (Wildman–Crippen LogP) is 2.97. The molecule has 0 aliphatic heterocycles. The average Bonchev–Trinajstić information content (AvgIpc) is 2.76. The second kappa shape index (κ2) is 8.86. The normalized spacial score (nSPS) is 14.6. The lowest BCUT2D eigenvalue weighted by Gasteiger charge is -2.22. The van der Waals surface area contributed by atoms with Gasteiger partial charge in [-0.25, -0.2) is 9.48 Å². The SMILES string of the molecule is O=C(NCc1nn(Cc2cccnc2)c(=O)c2ccccc12)NC1CCCCC1. The molecule has 0 saturated heterocycles. The third kappa shape index (κ3) is 4.62. The number of aromatic nitrogens is 3. The van der Waals surface area contributed by atoms with Gasteiger partial charge in [-0.2, -0.15) is 5.10 Å². The minimum Gasteiger partial charge on any atom is -0.335 e. The van der Waals surface area contributed by atoms with Gasteiger partial charge in [0.2, 0.25) is 0 Å². The first-order valence-corrected chi connectivity index (χ1v) is 10.1. The van der Waals surface area contributed by atoms with E-state index in [-0.39, 0.29) is 24.2 Å². The van der Waals surface area contributed by atoms with Crippen LogP contribution in [-0.2, 0) is 13.1 Å². The molecule has 0 bridgehead atoms. The highest BCUT2D eigenvalue weighted by molar-refractivity contribution is 5.84. The number of carbonyl (C=O) groups is 1. The lowest BCUT2D eigenvalue weighted by atomic mass is 9.96. The van der Waals surface area contributed by atoms with Crippen LogP contribution in [0.5, 0.6) is 0 Å². The molecule has 2 aromatic heterocycles. The van der Waals surface area contributed by atoms with Gasteiger partial charge in [-0.15, -0.1) is 0 Å². The van der Waals surface area contributed by atoms with E-state index in [9.17, 15) is 9.59 Å². The highest BCUT2D eigenvalue weighted by Crippen LogP contribution is 2.17. The van der Waals surface area contributed by atoms with Gasteiger partial charge < -0.3 is 10.6 Å². The van der Waals surface area contributed by atoms with Gasteiger partial charge in [-0.05, 0) is 30.5 Å². The van der Waals surface area contributed by atoms with E-state index in [2.05, 4.69) is 20.7 Å². The fraction of sp³-hybridized carbons (Fsp3) is 0.364. The van der Waals surface area contributed by atoms with E-state index in [0.717, 1.165) is 36.6 Å². The first-order chi connectivity index (χ1) is 14.2. The minimum absolute atomic E-state index is 0.153. The summed E-state index contributed by atoms with van der Waals surface area (Å²) in [6, 6.07) is 11.2. The molecule has 2 N–H and O–H groups in total. The molecule has 1 aliphatic carbocycles. The summed E-state index contributed by atoms with van der Waals surface area (Å²) in [7, 11) is 0. The van der Waals surface area contributed by atoms with Gasteiger partial charge in [0.15, 0.2) is 0 Å². The van der Waals surface area contributed by atoms with Crippen LogP contribution in [0.25, 0.3) is 10.8 Å². The second-order valence-corrected chi connectivity index (χ2v) is 7.48. The number of nitrogens with one attached hydrogen (secondary N) is 2.